The lowest BCUT2D eigenvalue weighted by Crippen LogP contribution is -1.80. The Hall–Kier alpha value is -0.800. The van der Waals surface area contributed by atoms with Gasteiger partial charge in [-0.2, -0.15) is 0 Å². The van der Waals surface area contributed by atoms with E-state index in [-0.39, 0.29) is 0 Å². The average molecular weight is 280 g/mol. The summed E-state index contributed by atoms with van der Waals surface area (Å²) < 4.78 is 1.04. The van der Waals surface area contributed by atoms with E-state index in [1.165, 1.54) is 15.4 Å². The zero-order valence-electron chi connectivity index (χ0n) is 8.27. The summed E-state index contributed by atoms with van der Waals surface area (Å²) in [5, 5.41) is 0. The zero-order valence-corrected chi connectivity index (χ0v) is 10.7. The van der Waals surface area contributed by atoms with Crippen molar-refractivity contribution in [3.05, 3.63) is 52.8 Å². The molecule has 0 N–H and O–H groups in total. The molecule has 1 aromatic heterocycles. The Kier molecular flexibility index (Phi) is 3.44. The van der Waals surface area contributed by atoms with Crippen molar-refractivity contribution in [2.75, 3.05) is 0 Å². The Morgan fingerprint density at radius 1 is 1.13 bits per heavy atom. The van der Waals surface area contributed by atoms with E-state index in [1.54, 1.807) is 11.8 Å². The SMILES string of the molecule is Cc1ccccc1Sc1ccncc1Br. The maximum atomic E-state index is 4.05. The summed E-state index contributed by atoms with van der Waals surface area (Å²) in [4.78, 5) is 6.52. The molecule has 2 aromatic rings. The average Bonchev–Trinajstić information content (AvgIpc) is 2.24. The molecule has 3 heteroatoms. The van der Waals surface area contributed by atoms with E-state index in [0.29, 0.717) is 0 Å². The normalized spacial score (nSPS) is 10.3. The van der Waals surface area contributed by atoms with E-state index in [9.17, 15) is 0 Å². The predicted octanol–water partition coefficient (Wildman–Crippen LogP) is 4.30. The Bertz CT molecular complexity index is 427. The Labute approximate surface area is 102 Å². The molecule has 1 heterocycles. The molecule has 0 spiro atoms. The number of hydrogen-bond acceptors (Lipinski definition) is 2. The number of pyridine rings is 1. The van der Waals surface area contributed by atoms with Crippen LogP contribution < -0.4 is 0 Å². The lowest BCUT2D eigenvalue weighted by atomic mass is 10.2. The van der Waals surface area contributed by atoms with E-state index in [0.717, 1.165) is 4.47 Å². The van der Waals surface area contributed by atoms with Crippen LogP contribution in [0.1, 0.15) is 5.56 Å². The smallest absolute Gasteiger partial charge is 0.0498 e. The lowest BCUT2D eigenvalue weighted by Gasteiger charge is -2.05. The van der Waals surface area contributed by atoms with Crippen molar-refractivity contribution in [1.82, 2.24) is 4.98 Å². The summed E-state index contributed by atoms with van der Waals surface area (Å²) in [5.41, 5.74) is 1.30. The predicted molar refractivity (Wildman–Crippen MR) is 67.2 cm³/mol. The van der Waals surface area contributed by atoms with Gasteiger partial charge in [-0.1, -0.05) is 30.0 Å². The Morgan fingerprint density at radius 3 is 2.67 bits per heavy atom. The second-order valence-electron chi connectivity index (χ2n) is 3.17. The Balaban J connectivity index is 2.30. The fourth-order valence-electron chi connectivity index (χ4n) is 1.23. The molecule has 0 aliphatic carbocycles. The monoisotopic (exact) mass is 279 g/mol. The van der Waals surface area contributed by atoms with E-state index >= 15 is 0 Å². The van der Waals surface area contributed by atoms with Crippen molar-refractivity contribution in [1.29, 1.82) is 0 Å². The molecule has 0 saturated heterocycles. The maximum absolute atomic E-state index is 4.05. The molecule has 0 saturated carbocycles. The summed E-state index contributed by atoms with van der Waals surface area (Å²) in [6.07, 6.45) is 3.63. The van der Waals surface area contributed by atoms with Crippen molar-refractivity contribution in [2.24, 2.45) is 0 Å². The highest BCUT2D eigenvalue weighted by Gasteiger charge is 2.03. The molecule has 2 rings (SSSR count). The van der Waals surface area contributed by atoms with Crippen LogP contribution >= 0.6 is 27.7 Å². The van der Waals surface area contributed by atoms with Crippen LogP contribution in [-0.2, 0) is 0 Å². The van der Waals surface area contributed by atoms with E-state index in [1.807, 2.05) is 18.5 Å². The van der Waals surface area contributed by atoms with Crippen LogP contribution in [0.15, 0.2) is 57.0 Å². The number of benzene rings is 1. The van der Waals surface area contributed by atoms with Crippen LogP contribution in [0.3, 0.4) is 0 Å². The van der Waals surface area contributed by atoms with Gasteiger partial charge in [0.05, 0.1) is 0 Å². The Morgan fingerprint density at radius 2 is 1.93 bits per heavy atom. The first-order valence-corrected chi connectivity index (χ1v) is 6.21. The van der Waals surface area contributed by atoms with Crippen molar-refractivity contribution < 1.29 is 0 Å². The third-order valence-electron chi connectivity index (χ3n) is 2.05. The van der Waals surface area contributed by atoms with Crippen LogP contribution in [0.2, 0.25) is 0 Å². The number of rotatable bonds is 2. The molecular weight excluding hydrogens is 270 g/mol. The number of halogens is 1. The molecule has 15 heavy (non-hydrogen) atoms. The third-order valence-corrected chi connectivity index (χ3v) is 4.20. The molecule has 0 bridgehead atoms. The second-order valence-corrected chi connectivity index (χ2v) is 5.11. The molecule has 0 radical (unpaired) electrons. The molecule has 0 amide bonds. The van der Waals surface area contributed by atoms with Crippen LogP contribution in [-0.4, -0.2) is 4.98 Å². The summed E-state index contributed by atoms with van der Waals surface area (Å²) in [5.74, 6) is 0. The van der Waals surface area contributed by atoms with E-state index in [4.69, 9.17) is 0 Å². The maximum Gasteiger partial charge on any atom is 0.0498 e. The molecule has 1 aromatic carbocycles. The van der Waals surface area contributed by atoms with E-state index < -0.39 is 0 Å². The first-order valence-electron chi connectivity index (χ1n) is 4.60. The van der Waals surface area contributed by atoms with Gasteiger partial charge in [-0.25, -0.2) is 0 Å². The van der Waals surface area contributed by atoms with Gasteiger partial charge in [0.2, 0.25) is 0 Å². The van der Waals surface area contributed by atoms with Gasteiger partial charge in [0, 0.05) is 26.7 Å². The second kappa shape index (κ2) is 4.81. The standard InChI is InChI=1S/C12H10BrNS/c1-9-4-2-3-5-11(9)15-12-6-7-14-8-10(12)13/h2-8H,1H3. The van der Waals surface area contributed by atoms with Gasteiger partial charge in [-0.3, -0.25) is 4.98 Å². The summed E-state index contributed by atoms with van der Waals surface area (Å²) in [6.45, 7) is 2.12. The van der Waals surface area contributed by atoms with Gasteiger partial charge in [0.1, 0.15) is 0 Å². The number of nitrogens with zero attached hydrogens (tertiary/aromatic N) is 1. The summed E-state index contributed by atoms with van der Waals surface area (Å²) in [6, 6.07) is 10.4. The first-order chi connectivity index (χ1) is 7.27. The van der Waals surface area contributed by atoms with Gasteiger partial charge in [-0.05, 0) is 40.5 Å². The molecule has 76 valence electrons. The zero-order chi connectivity index (χ0) is 10.7. The molecule has 0 aliphatic heterocycles. The van der Waals surface area contributed by atoms with Gasteiger partial charge < -0.3 is 0 Å². The summed E-state index contributed by atoms with van der Waals surface area (Å²) in [7, 11) is 0. The van der Waals surface area contributed by atoms with Crippen molar-refractivity contribution in [2.45, 2.75) is 16.7 Å². The van der Waals surface area contributed by atoms with Crippen LogP contribution in [0.25, 0.3) is 0 Å². The molecule has 0 atom stereocenters. The number of aromatic nitrogens is 1. The fourth-order valence-corrected chi connectivity index (χ4v) is 2.62. The highest BCUT2D eigenvalue weighted by Crippen LogP contribution is 2.34. The minimum absolute atomic E-state index is 1.04. The minimum atomic E-state index is 1.04. The van der Waals surface area contributed by atoms with Crippen LogP contribution in [0, 0.1) is 6.92 Å². The molecule has 0 aliphatic rings. The van der Waals surface area contributed by atoms with Gasteiger partial charge in [0.25, 0.3) is 0 Å². The molecule has 0 fully saturated rings. The van der Waals surface area contributed by atoms with Gasteiger partial charge >= 0.3 is 0 Å². The fraction of sp³-hybridized carbons (Fsp3) is 0.0833. The number of hydrogen-bond donors (Lipinski definition) is 0. The van der Waals surface area contributed by atoms with Crippen molar-refractivity contribution in [3.8, 4) is 0 Å². The molecular formula is C12H10BrNS. The van der Waals surface area contributed by atoms with Gasteiger partial charge in [0.15, 0.2) is 0 Å². The first kappa shape index (κ1) is 10.7. The van der Waals surface area contributed by atoms with Crippen molar-refractivity contribution in [3.63, 3.8) is 0 Å². The van der Waals surface area contributed by atoms with Crippen LogP contribution in [0.5, 0.6) is 0 Å². The summed E-state index contributed by atoms with van der Waals surface area (Å²) >= 11 is 5.25. The highest BCUT2D eigenvalue weighted by molar-refractivity contribution is 9.10. The van der Waals surface area contributed by atoms with Gasteiger partial charge in [-0.15, -0.1) is 0 Å². The quantitative estimate of drug-likeness (QED) is 0.813. The minimum Gasteiger partial charge on any atom is -0.263 e. The largest absolute Gasteiger partial charge is 0.263 e. The van der Waals surface area contributed by atoms with E-state index in [2.05, 4.69) is 52.1 Å². The number of aryl methyl sites for hydroxylation is 1. The van der Waals surface area contributed by atoms with Crippen LogP contribution in [0.4, 0.5) is 0 Å². The third kappa shape index (κ3) is 2.61. The lowest BCUT2D eigenvalue weighted by molar-refractivity contribution is 1.22. The highest BCUT2D eigenvalue weighted by atomic mass is 79.9. The molecule has 0 unspecified atom stereocenters. The molecule has 1 nitrogen and oxygen atoms in total. The van der Waals surface area contributed by atoms with Crippen molar-refractivity contribution >= 4 is 27.7 Å². The topological polar surface area (TPSA) is 12.9 Å².